The molecule has 0 saturated carbocycles. The van der Waals surface area contributed by atoms with Crippen LogP contribution in [-0.4, -0.2) is 55.3 Å². The summed E-state index contributed by atoms with van der Waals surface area (Å²) in [5, 5.41) is 9.05. The van der Waals surface area contributed by atoms with E-state index < -0.39 is 12.1 Å². The van der Waals surface area contributed by atoms with E-state index in [0.717, 1.165) is 12.8 Å². The molecule has 0 fully saturated rings. The number of esters is 1. The molecule has 0 bridgehead atoms. The van der Waals surface area contributed by atoms with E-state index in [1.165, 1.54) is 64.2 Å². The Bertz CT molecular complexity index is 431. The Balaban J connectivity index is 3.82. The van der Waals surface area contributed by atoms with Gasteiger partial charge < -0.3 is 14.3 Å². The molecule has 0 rings (SSSR count). The Morgan fingerprint density at radius 1 is 0.828 bits per heavy atom. The fraction of sp³-hybridized carbons (Fsp3) is 0.917. The van der Waals surface area contributed by atoms with E-state index >= 15 is 0 Å². The summed E-state index contributed by atoms with van der Waals surface area (Å²) in [5.41, 5.74) is 0. The zero-order valence-electron chi connectivity index (χ0n) is 19.9. The van der Waals surface area contributed by atoms with Crippen LogP contribution in [0.25, 0.3) is 0 Å². The van der Waals surface area contributed by atoms with Crippen LogP contribution in [0.2, 0.25) is 0 Å². The molecular weight excluding hydrogens is 366 g/mol. The van der Waals surface area contributed by atoms with Gasteiger partial charge in [0.15, 0.2) is 6.10 Å². The molecule has 29 heavy (non-hydrogen) atoms. The summed E-state index contributed by atoms with van der Waals surface area (Å²) in [5.74, 6) is -0.902. The number of aliphatic carboxylic acids is 1. The second kappa shape index (κ2) is 16.7. The predicted octanol–water partition coefficient (Wildman–Crippen LogP) is 5.81. The van der Waals surface area contributed by atoms with Gasteiger partial charge >= 0.3 is 11.9 Å². The molecule has 0 saturated heterocycles. The normalized spacial score (nSPS) is 13.8. The summed E-state index contributed by atoms with van der Waals surface area (Å²) in [6.45, 7) is 4.85. The Kier molecular flexibility index (Phi) is 16.0. The largest absolute Gasteiger partial charge is 0.481 e. The SMILES string of the molecule is CCCCCCCCCCCCCC(C)CC(=O)OC(CC(=O)O)C[N+](C)(C)C. The number of ether oxygens (including phenoxy) is 1. The first-order valence-corrected chi connectivity index (χ1v) is 11.9. The second-order valence-electron chi connectivity index (χ2n) is 9.82. The minimum Gasteiger partial charge on any atom is -0.481 e. The first kappa shape index (κ1) is 27.9. The van der Waals surface area contributed by atoms with Crippen molar-refractivity contribution in [1.29, 1.82) is 0 Å². The predicted molar refractivity (Wildman–Crippen MR) is 120 cm³/mol. The van der Waals surface area contributed by atoms with Gasteiger partial charge in [-0.3, -0.25) is 9.59 Å². The molecule has 2 unspecified atom stereocenters. The lowest BCUT2D eigenvalue weighted by molar-refractivity contribution is -0.873. The average molecular weight is 415 g/mol. The minimum absolute atomic E-state index is 0.131. The number of likely N-dealkylation sites (N-methyl/N-ethyl adjacent to an activating group) is 1. The second-order valence-corrected chi connectivity index (χ2v) is 9.82. The van der Waals surface area contributed by atoms with Gasteiger partial charge in [-0.25, -0.2) is 0 Å². The maximum Gasteiger partial charge on any atom is 0.307 e. The lowest BCUT2D eigenvalue weighted by atomic mass is 9.98. The highest BCUT2D eigenvalue weighted by atomic mass is 16.5. The number of carbonyl (C=O) groups is 2. The fourth-order valence-corrected chi connectivity index (χ4v) is 3.73. The van der Waals surface area contributed by atoms with Gasteiger partial charge in [0.05, 0.1) is 27.6 Å². The van der Waals surface area contributed by atoms with Gasteiger partial charge in [-0.2, -0.15) is 0 Å². The van der Waals surface area contributed by atoms with E-state index in [1.54, 1.807) is 0 Å². The van der Waals surface area contributed by atoms with Gasteiger partial charge in [0.1, 0.15) is 6.54 Å². The lowest BCUT2D eigenvalue weighted by Gasteiger charge is -2.28. The first-order chi connectivity index (χ1) is 13.6. The lowest BCUT2D eigenvalue weighted by Crippen LogP contribution is -2.43. The van der Waals surface area contributed by atoms with Gasteiger partial charge in [0.2, 0.25) is 0 Å². The quantitative estimate of drug-likeness (QED) is 0.165. The van der Waals surface area contributed by atoms with Gasteiger partial charge in [-0.1, -0.05) is 90.9 Å². The summed E-state index contributed by atoms with van der Waals surface area (Å²) in [6.07, 6.45) is 15.3. The summed E-state index contributed by atoms with van der Waals surface area (Å²) >= 11 is 0. The fourth-order valence-electron chi connectivity index (χ4n) is 3.73. The number of rotatable bonds is 19. The topological polar surface area (TPSA) is 63.6 Å². The third-order valence-electron chi connectivity index (χ3n) is 5.27. The maximum absolute atomic E-state index is 12.2. The number of hydrogen-bond acceptors (Lipinski definition) is 3. The van der Waals surface area contributed by atoms with Crippen LogP contribution >= 0.6 is 0 Å². The highest BCUT2D eigenvalue weighted by Gasteiger charge is 2.25. The van der Waals surface area contributed by atoms with E-state index in [2.05, 4.69) is 13.8 Å². The number of carboxylic acid groups (broad SMARTS) is 1. The molecule has 2 atom stereocenters. The third kappa shape index (κ3) is 20.0. The molecule has 5 nitrogen and oxygen atoms in total. The van der Waals surface area contributed by atoms with Crippen LogP contribution < -0.4 is 0 Å². The molecule has 0 aromatic heterocycles. The summed E-state index contributed by atoms with van der Waals surface area (Å²) in [7, 11) is 5.91. The van der Waals surface area contributed by atoms with Crippen LogP contribution in [0.1, 0.15) is 104 Å². The zero-order chi connectivity index (χ0) is 22.1. The number of carboxylic acids is 1. The van der Waals surface area contributed by atoms with Crippen molar-refractivity contribution in [2.75, 3.05) is 27.7 Å². The molecule has 0 radical (unpaired) electrons. The summed E-state index contributed by atoms with van der Waals surface area (Å²) in [6, 6.07) is 0. The molecule has 0 spiro atoms. The third-order valence-corrected chi connectivity index (χ3v) is 5.27. The van der Waals surface area contributed by atoms with Gasteiger partial charge in [-0.15, -0.1) is 0 Å². The van der Waals surface area contributed by atoms with Crippen molar-refractivity contribution in [3.63, 3.8) is 0 Å². The van der Waals surface area contributed by atoms with Crippen molar-refractivity contribution in [3.8, 4) is 0 Å². The van der Waals surface area contributed by atoms with Crippen molar-refractivity contribution >= 4 is 11.9 Å². The van der Waals surface area contributed by atoms with Crippen molar-refractivity contribution < 1.29 is 23.9 Å². The number of carbonyl (C=O) groups excluding carboxylic acids is 1. The van der Waals surface area contributed by atoms with E-state index in [1.807, 2.05) is 21.1 Å². The molecule has 0 aliphatic rings. The Hall–Kier alpha value is -1.10. The molecule has 0 aliphatic carbocycles. The van der Waals surface area contributed by atoms with E-state index in [9.17, 15) is 9.59 Å². The summed E-state index contributed by atoms with van der Waals surface area (Å²) in [4.78, 5) is 23.2. The molecule has 0 heterocycles. The van der Waals surface area contributed by atoms with Crippen LogP contribution in [-0.2, 0) is 14.3 Å². The van der Waals surface area contributed by atoms with Crippen LogP contribution in [0.15, 0.2) is 0 Å². The van der Waals surface area contributed by atoms with E-state index in [4.69, 9.17) is 9.84 Å². The van der Waals surface area contributed by atoms with E-state index in [-0.39, 0.29) is 18.3 Å². The number of hydrogen-bond donors (Lipinski definition) is 1. The molecule has 0 aromatic carbocycles. The molecule has 5 heteroatoms. The summed E-state index contributed by atoms with van der Waals surface area (Å²) < 4.78 is 6.05. The molecule has 0 amide bonds. The van der Waals surface area contributed by atoms with Gasteiger partial charge in [-0.05, 0) is 5.92 Å². The highest BCUT2D eigenvalue weighted by molar-refractivity contribution is 5.71. The maximum atomic E-state index is 12.2. The molecular formula is C24H48NO4+. The van der Waals surface area contributed by atoms with Crippen molar-refractivity contribution in [2.24, 2.45) is 5.92 Å². The Morgan fingerprint density at radius 2 is 1.31 bits per heavy atom. The van der Waals surface area contributed by atoms with Crippen molar-refractivity contribution in [1.82, 2.24) is 0 Å². The standard InChI is InChI=1S/C24H47NO4/c1-6-7-8-9-10-11-12-13-14-15-16-17-21(2)18-24(28)29-22(19-23(26)27)20-25(3,4)5/h21-22H,6-20H2,1-5H3/p+1. The molecule has 1 N–H and O–H groups in total. The van der Waals surface area contributed by atoms with Gasteiger partial charge in [0, 0.05) is 6.42 Å². The number of quaternary nitrogens is 1. The monoisotopic (exact) mass is 414 g/mol. The first-order valence-electron chi connectivity index (χ1n) is 11.9. The number of unbranched alkanes of at least 4 members (excludes halogenated alkanes) is 10. The molecule has 0 aromatic rings. The van der Waals surface area contributed by atoms with E-state index in [0.29, 0.717) is 17.4 Å². The Labute approximate surface area is 179 Å². The highest BCUT2D eigenvalue weighted by Crippen LogP contribution is 2.17. The minimum atomic E-state index is -0.926. The molecule has 172 valence electrons. The number of nitrogens with zero attached hydrogens (tertiary/aromatic N) is 1. The van der Waals surface area contributed by atoms with Crippen LogP contribution in [0.4, 0.5) is 0 Å². The van der Waals surface area contributed by atoms with Crippen LogP contribution in [0.5, 0.6) is 0 Å². The average Bonchev–Trinajstić information content (AvgIpc) is 2.57. The van der Waals surface area contributed by atoms with Crippen LogP contribution in [0.3, 0.4) is 0 Å². The van der Waals surface area contributed by atoms with Crippen molar-refractivity contribution in [3.05, 3.63) is 0 Å². The molecule has 0 aliphatic heterocycles. The zero-order valence-corrected chi connectivity index (χ0v) is 19.9. The Morgan fingerprint density at radius 3 is 1.76 bits per heavy atom. The van der Waals surface area contributed by atoms with Crippen LogP contribution in [0, 0.1) is 5.92 Å². The van der Waals surface area contributed by atoms with Crippen molar-refractivity contribution in [2.45, 2.75) is 110 Å². The smallest absolute Gasteiger partial charge is 0.307 e. The van der Waals surface area contributed by atoms with Gasteiger partial charge in [0.25, 0.3) is 0 Å².